The molecule has 0 aliphatic heterocycles. The Morgan fingerprint density at radius 3 is 1.96 bits per heavy atom. The summed E-state index contributed by atoms with van der Waals surface area (Å²) in [6.07, 6.45) is 14.8. The fraction of sp³-hybridized carbons (Fsp3) is 0.478. The molecular formula is C23H36. The molecule has 23 heavy (non-hydrogen) atoms. The van der Waals surface area contributed by atoms with Crippen LogP contribution in [0, 0.1) is 0 Å². The number of rotatable bonds is 6. The number of fused-ring (bicyclic) bond motifs is 1. The molecule has 0 aromatic heterocycles. The van der Waals surface area contributed by atoms with Crippen molar-refractivity contribution >= 4 is 5.57 Å². The Morgan fingerprint density at radius 2 is 1.35 bits per heavy atom. The lowest BCUT2D eigenvalue weighted by Crippen LogP contribution is -1.84. The van der Waals surface area contributed by atoms with Gasteiger partial charge in [-0.25, -0.2) is 0 Å². The van der Waals surface area contributed by atoms with Crippen LogP contribution in [-0.2, 0) is 6.42 Å². The van der Waals surface area contributed by atoms with Gasteiger partial charge in [0, 0.05) is 0 Å². The van der Waals surface area contributed by atoms with Crippen LogP contribution in [0.25, 0.3) is 5.57 Å². The molecule has 2 rings (SSSR count). The van der Waals surface area contributed by atoms with E-state index in [9.17, 15) is 0 Å². The molecule has 0 radical (unpaired) electrons. The number of hydrogen-bond acceptors (Lipinski definition) is 0. The molecule has 0 N–H and O–H groups in total. The van der Waals surface area contributed by atoms with Crippen LogP contribution in [0.3, 0.4) is 0 Å². The van der Waals surface area contributed by atoms with E-state index in [2.05, 4.69) is 62.4 Å². The summed E-state index contributed by atoms with van der Waals surface area (Å²) in [5.41, 5.74) is 6.14. The predicted molar refractivity (Wildman–Crippen MR) is 108 cm³/mol. The standard InChI is InChI=1S/C19H24.2C2H6/c1-3-5-7-11-16-15-17-12-9-10-14-19(17)18(16)13-8-6-4-2;2*1-2/h5-10,12,14H,3-4,11,13,15H2,1-2H3;2*1-2H3. The fourth-order valence-corrected chi connectivity index (χ4v) is 2.71. The van der Waals surface area contributed by atoms with Crippen LogP contribution < -0.4 is 0 Å². The molecule has 0 amide bonds. The van der Waals surface area contributed by atoms with Crippen LogP contribution in [-0.4, -0.2) is 0 Å². The topological polar surface area (TPSA) is 0 Å². The minimum absolute atomic E-state index is 1.08. The van der Waals surface area contributed by atoms with Gasteiger partial charge in [0.2, 0.25) is 0 Å². The van der Waals surface area contributed by atoms with E-state index in [1.165, 1.54) is 11.1 Å². The van der Waals surface area contributed by atoms with Gasteiger partial charge in [-0.2, -0.15) is 0 Å². The summed E-state index contributed by atoms with van der Waals surface area (Å²) in [4.78, 5) is 0. The highest BCUT2D eigenvalue weighted by atomic mass is 14.2. The Kier molecular flexibility index (Phi) is 13.1. The summed E-state index contributed by atoms with van der Waals surface area (Å²) < 4.78 is 0. The monoisotopic (exact) mass is 312 g/mol. The minimum Gasteiger partial charge on any atom is -0.0885 e. The van der Waals surface area contributed by atoms with Crippen molar-refractivity contribution in [1.29, 1.82) is 0 Å². The van der Waals surface area contributed by atoms with E-state index >= 15 is 0 Å². The second-order valence-electron chi connectivity index (χ2n) is 5.08. The van der Waals surface area contributed by atoms with Crippen molar-refractivity contribution in [2.24, 2.45) is 0 Å². The number of hydrogen-bond donors (Lipinski definition) is 0. The average molecular weight is 313 g/mol. The van der Waals surface area contributed by atoms with Gasteiger partial charge in [-0.05, 0) is 48.8 Å². The molecule has 1 aliphatic rings. The van der Waals surface area contributed by atoms with Crippen molar-refractivity contribution in [3.8, 4) is 0 Å². The van der Waals surface area contributed by atoms with Crippen molar-refractivity contribution in [2.75, 3.05) is 0 Å². The molecule has 0 unspecified atom stereocenters. The Labute approximate surface area is 145 Å². The second kappa shape index (κ2) is 14.1. The molecule has 0 heterocycles. The van der Waals surface area contributed by atoms with E-state index in [1.807, 2.05) is 27.7 Å². The zero-order valence-electron chi connectivity index (χ0n) is 16.2. The molecule has 128 valence electrons. The van der Waals surface area contributed by atoms with E-state index in [-0.39, 0.29) is 0 Å². The van der Waals surface area contributed by atoms with Crippen molar-refractivity contribution in [3.05, 3.63) is 65.3 Å². The van der Waals surface area contributed by atoms with Crippen LogP contribution in [0.5, 0.6) is 0 Å². The third kappa shape index (κ3) is 7.03. The van der Waals surface area contributed by atoms with E-state index < -0.39 is 0 Å². The van der Waals surface area contributed by atoms with Gasteiger partial charge >= 0.3 is 0 Å². The molecule has 0 fully saturated rings. The van der Waals surface area contributed by atoms with Crippen LogP contribution in [0.4, 0.5) is 0 Å². The molecule has 1 aromatic carbocycles. The van der Waals surface area contributed by atoms with Crippen LogP contribution in [0.2, 0.25) is 0 Å². The van der Waals surface area contributed by atoms with Crippen LogP contribution in [0.15, 0.2) is 54.1 Å². The van der Waals surface area contributed by atoms with Gasteiger partial charge in [-0.15, -0.1) is 0 Å². The highest BCUT2D eigenvalue weighted by Gasteiger charge is 2.18. The SMILES string of the molecule is CC.CC.CCC=CCC1=C(CC=CCC)c2ccccc2C1. The largest absolute Gasteiger partial charge is 0.0885 e. The molecule has 0 spiro atoms. The molecule has 0 nitrogen and oxygen atoms in total. The van der Waals surface area contributed by atoms with Crippen molar-refractivity contribution < 1.29 is 0 Å². The third-order valence-corrected chi connectivity index (χ3v) is 3.66. The summed E-state index contributed by atoms with van der Waals surface area (Å²) in [6.45, 7) is 12.4. The molecular weight excluding hydrogens is 276 g/mol. The van der Waals surface area contributed by atoms with Gasteiger partial charge < -0.3 is 0 Å². The van der Waals surface area contributed by atoms with E-state index in [1.54, 1.807) is 11.1 Å². The summed E-state index contributed by atoms with van der Waals surface area (Å²) >= 11 is 0. The molecule has 0 saturated heterocycles. The lowest BCUT2D eigenvalue weighted by atomic mass is 10.0. The van der Waals surface area contributed by atoms with Gasteiger partial charge in [0.1, 0.15) is 0 Å². The quantitative estimate of drug-likeness (QED) is 0.471. The summed E-state index contributed by atoms with van der Waals surface area (Å²) in [6, 6.07) is 8.87. The maximum absolute atomic E-state index is 2.32. The summed E-state index contributed by atoms with van der Waals surface area (Å²) in [5.74, 6) is 0. The highest BCUT2D eigenvalue weighted by Crippen LogP contribution is 2.36. The number of benzene rings is 1. The lowest BCUT2D eigenvalue weighted by molar-refractivity contribution is 1.08. The zero-order chi connectivity index (χ0) is 17.5. The van der Waals surface area contributed by atoms with Crippen LogP contribution in [0.1, 0.15) is 78.4 Å². The lowest BCUT2D eigenvalue weighted by Gasteiger charge is -2.04. The summed E-state index contributed by atoms with van der Waals surface area (Å²) in [7, 11) is 0. The zero-order valence-corrected chi connectivity index (χ0v) is 16.2. The van der Waals surface area contributed by atoms with Gasteiger partial charge in [-0.1, -0.05) is 95.7 Å². The minimum atomic E-state index is 1.08. The van der Waals surface area contributed by atoms with E-state index in [0.717, 1.165) is 32.1 Å². The third-order valence-electron chi connectivity index (χ3n) is 3.66. The first-order valence-corrected chi connectivity index (χ1v) is 9.46. The Hall–Kier alpha value is -1.56. The maximum Gasteiger partial charge on any atom is -0.00518 e. The molecule has 1 aliphatic carbocycles. The van der Waals surface area contributed by atoms with Crippen molar-refractivity contribution in [3.63, 3.8) is 0 Å². The predicted octanol–water partition coefficient (Wildman–Crippen LogP) is 7.76. The normalized spacial score (nSPS) is 12.8. The first kappa shape index (κ1) is 21.4. The van der Waals surface area contributed by atoms with Crippen LogP contribution >= 0.6 is 0 Å². The molecule has 1 aromatic rings. The molecule has 0 saturated carbocycles. The van der Waals surface area contributed by atoms with Gasteiger partial charge in [-0.3, -0.25) is 0 Å². The van der Waals surface area contributed by atoms with E-state index in [4.69, 9.17) is 0 Å². The van der Waals surface area contributed by atoms with Crippen molar-refractivity contribution in [1.82, 2.24) is 0 Å². The molecule has 0 atom stereocenters. The van der Waals surface area contributed by atoms with Gasteiger partial charge in [0.15, 0.2) is 0 Å². The van der Waals surface area contributed by atoms with Crippen molar-refractivity contribution in [2.45, 2.75) is 73.6 Å². The Balaban J connectivity index is 0.00000112. The Bertz CT molecular complexity index is 501. The highest BCUT2D eigenvalue weighted by molar-refractivity contribution is 5.77. The molecule has 0 bridgehead atoms. The average Bonchev–Trinajstić information content (AvgIpc) is 2.97. The fourth-order valence-electron chi connectivity index (χ4n) is 2.71. The van der Waals surface area contributed by atoms with E-state index in [0.29, 0.717) is 0 Å². The number of allylic oxidation sites excluding steroid dienone is 6. The maximum atomic E-state index is 2.32. The smallest absolute Gasteiger partial charge is 0.00518 e. The first-order valence-electron chi connectivity index (χ1n) is 9.46. The van der Waals surface area contributed by atoms with Gasteiger partial charge in [0.05, 0.1) is 0 Å². The molecule has 0 heteroatoms. The van der Waals surface area contributed by atoms with Gasteiger partial charge in [0.25, 0.3) is 0 Å². The Morgan fingerprint density at radius 1 is 0.783 bits per heavy atom. The first-order chi connectivity index (χ1) is 11.4. The summed E-state index contributed by atoms with van der Waals surface area (Å²) in [5, 5.41) is 0. The second-order valence-corrected chi connectivity index (χ2v) is 5.08.